The minimum absolute atomic E-state index is 0.136. The number of rotatable bonds is 9. The third-order valence-corrected chi connectivity index (χ3v) is 3.16. The fourth-order valence-corrected chi connectivity index (χ4v) is 1.86. The molecule has 116 valence electrons. The van der Waals surface area contributed by atoms with Gasteiger partial charge in [0.2, 0.25) is 11.8 Å². The molecule has 1 heterocycles. The van der Waals surface area contributed by atoms with Gasteiger partial charge in [0, 0.05) is 19.0 Å². The van der Waals surface area contributed by atoms with Crippen LogP contribution in [0.1, 0.15) is 39.0 Å². The number of nitrogens with zero attached hydrogens (tertiary/aromatic N) is 1. The molecule has 0 unspecified atom stereocenters. The fraction of sp³-hybridized carbons (Fsp3) is 0.600. The van der Waals surface area contributed by atoms with Crippen molar-refractivity contribution in [2.75, 3.05) is 24.2 Å². The Labute approximate surface area is 125 Å². The summed E-state index contributed by atoms with van der Waals surface area (Å²) < 4.78 is 5.48. The molecule has 1 aromatic heterocycles. The standard InChI is InChI=1S/C15H24N4O2/c1-2-10-21-15-12(16)7-8-13(19-15)17-9-3-4-14(20)18-11-5-6-11/h7-8,11H,2-6,9-10,16H2,1H3,(H,17,19)(H,18,20). The number of ether oxygens (including phenoxy) is 1. The van der Waals surface area contributed by atoms with E-state index in [9.17, 15) is 4.79 Å². The summed E-state index contributed by atoms with van der Waals surface area (Å²) >= 11 is 0. The molecule has 1 fully saturated rings. The van der Waals surface area contributed by atoms with Crippen molar-refractivity contribution in [3.8, 4) is 5.88 Å². The number of hydrogen-bond donors (Lipinski definition) is 3. The third-order valence-electron chi connectivity index (χ3n) is 3.16. The molecule has 0 spiro atoms. The number of anilines is 2. The summed E-state index contributed by atoms with van der Waals surface area (Å²) in [4.78, 5) is 15.9. The first-order valence-electron chi connectivity index (χ1n) is 7.61. The van der Waals surface area contributed by atoms with Crippen molar-refractivity contribution in [1.82, 2.24) is 10.3 Å². The van der Waals surface area contributed by atoms with Crippen LogP contribution in [0.5, 0.6) is 5.88 Å². The van der Waals surface area contributed by atoms with Gasteiger partial charge in [-0.1, -0.05) is 6.92 Å². The van der Waals surface area contributed by atoms with Gasteiger partial charge in [-0.25, -0.2) is 0 Å². The number of aromatic nitrogens is 1. The molecule has 0 radical (unpaired) electrons. The SMILES string of the molecule is CCCOc1nc(NCCCC(=O)NC2CC2)ccc1N. The van der Waals surface area contributed by atoms with Crippen LogP contribution >= 0.6 is 0 Å². The molecule has 0 atom stereocenters. The van der Waals surface area contributed by atoms with E-state index in [1.54, 1.807) is 6.07 Å². The molecule has 1 saturated carbocycles. The lowest BCUT2D eigenvalue weighted by Gasteiger charge is -2.10. The van der Waals surface area contributed by atoms with Crippen LogP contribution in [-0.4, -0.2) is 30.1 Å². The normalized spacial score (nSPS) is 13.8. The zero-order valence-corrected chi connectivity index (χ0v) is 12.5. The van der Waals surface area contributed by atoms with E-state index in [0.717, 1.165) is 31.5 Å². The van der Waals surface area contributed by atoms with Crippen molar-refractivity contribution in [2.45, 2.75) is 45.1 Å². The third kappa shape index (κ3) is 5.49. The molecule has 0 bridgehead atoms. The van der Waals surface area contributed by atoms with Gasteiger partial charge in [0.1, 0.15) is 5.82 Å². The molecule has 6 nitrogen and oxygen atoms in total. The van der Waals surface area contributed by atoms with Crippen molar-refractivity contribution in [1.29, 1.82) is 0 Å². The highest BCUT2D eigenvalue weighted by atomic mass is 16.5. The van der Waals surface area contributed by atoms with Crippen molar-refractivity contribution >= 4 is 17.4 Å². The average molecular weight is 292 g/mol. The van der Waals surface area contributed by atoms with E-state index < -0.39 is 0 Å². The lowest BCUT2D eigenvalue weighted by atomic mass is 10.3. The molecule has 0 saturated heterocycles. The highest BCUT2D eigenvalue weighted by molar-refractivity contribution is 5.76. The van der Waals surface area contributed by atoms with Crippen LogP contribution < -0.4 is 21.1 Å². The van der Waals surface area contributed by atoms with Crippen molar-refractivity contribution in [2.24, 2.45) is 0 Å². The number of amides is 1. The maximum absolute atomic E-state index is 11.5. The number of carbonyl (C=O) groups is 1. The molecule has 4 N–H and O–H groups in total. The first-order chi connectivity index (χ1) is 10.2. The molecule has 0 aliphatic heterocycles. The minimum atomic E-state index is 0.136. The molecule has 0 aromatic carbocycles. The largest absolute Gasteiger partial charge is 0.476 e. The van der Waals surface area contributed by atoms with Gasteiger partial charge < -0.3 is 21.1 Å². The summed E-state index contributed by atoms with van der Waals surface area (Å²) in [7, 11) is 0. The monoisotopic (exact) mass is 292 g/mol. The predicted molar refractivity (Wildman–Crippen MR) is 83.3 cm³/mol. The van der Waals surface area contributed by atoms with Gasteiger partial charge in [0.05, 0.1) is 12.3 Å². The Balaban J connectivity index is 1.70. The Morgan fingerprint density at radius 3 is 3.00 bits per heavy atom. The van der Waals surface area contributed by atoms with E-state index in [1.165, 1.54) is 0 Å². The summed E-state index contributed by atoms with van der Waals surface area (Å²) in [5.41, 5.74) is 6.35. The average Bonchev–Trinajstić information content (AvgIpc) is 3.27. The second-order valence-electron chi connectivity index (χ2n) is 5.31. The predicted octanol–water partition coefficient (Wildman–Crippen LogP) is 1.92. The highest BCUT2D eigenvalue weighted by Gasteiger charge is 2.22. The minimum Gasteiger partial charge on any atom is -0.476 e. The van der Waals surface area contributed by atoms with Gasteiger partial charge in [-0.3, -0.25) is 4.79 Å². The van der Waals surface area contributed by atoms with Gasteiger partial charge in [-0.05, 0) is 37.8 Å². The Morgan fingerprint density at radius 1 is 1.48 bits per heavy atom. The Bertz CT molecular complexity index is 475. The van der Waals surface area contributed by atoms with Crippen molar-refractivity contribution < 1.29 is 9.53 Å². The van der Waals surface area contributed by atoms with Gasteiger partial charge in [-0.15, -0.1) is 0 Å². The van der Waals surface area contributed by atoms with Crippen molar-refractivity contribution in [3.63, 3.8) is 0 Å². The smallest absolute Gasteiger partial charge is 0.239 e. The lowest BCUT2D eigenvalue weighted by Crippen LogP contribution is -2.25. The van der Waals surface area contributed by atoms with Crippen LogP contribution in [0.15, 0.2) is 12.1 Å². The quantitative estimate of drug-likeness (QED) is 0.605. The van der Waals surface area contributed by atoms with Crippen LogP contribution in [0.4, 0.5) is 11.5 Å². The first-order valence-corrected chi connectivity index (χ1v) is 7.61. The van der Waals surface area contributed by atoms with E-state index in [1.807, 2.05) is 13.0 Å². The number of nitrogens with one attached hydrogen (secondary N) is 2. The zero-order chi connectivity index (χ0) is 15.1. The van der Waals surface area contributed by atoms with E-state index in [-0.39, 0.29) is 5.91 Å². The second-order valence-corrected chi connectivity index (χ2v) is 5.31. The Morgan fingerprint density at radius 2 is 2.29 bits per heavy atom. The number of hydrogen-bond acceptors (Lipinski definition) is 5. The summed E-state index contributed by atoms with van der Waals surface area (Å²) in [6, 6.07) is 4.03. The summed E-state index contributed by atoms with van der Waals surface area (Å²) in [5.74, 6) is 1.32. The fourth-order valence-electron chi connectivity index (χ4n) is 1.86. The maximum Gasteiger partial charge on any atom is 0.239 e. The molecule has 6 heteroatoms. The van der Waals surface area contributed by atoms with Crippen LogP contribution in [0, 0.1) is 0 Å². The zero-order valence-electron chi connectivity index (χ0n) is 12.5. The summed E-state index contributed by atoms with van der Waals surface area (Å²) in [6.07, 6.45) is 4.47. The summed E-state index contributed by atoms with van der Waals surface area (Å²) in [6.45, 7) is 3.33. The number of carbonyl (C=O) groups excluding carboxylic acids is 1. The Kier molecular flexibility index (Phi) is 5.66. The molecule has 1 aliphatic carbocycles. The van der Waals surface area contributed by atoms with E-state index in [0.29, 0.717) is 37.2 Å². The van der Waals surface area contributed by atoms with Gasteiger partial charge in [0.25, 0.3) is 0 Å². The topological polar surface area (TPSA) is 89.3 Å². The van der Waals surface area contributed by atoms with Crippen molar-refractivity contribution in [3.05, 3.63) is 12.1 Å². The van der Waals surface area contributed by atoms with E-state index in [2.05, 4.69) is 15.6 Å². The van der Waals surface area contributed by atoms with Crippen LogP contribution in [0.3, 0.4) is 0 Å². The molecular weight excluding hydrogens is 268 g/mol. The van der Waals surface area contributed by atoms with Crippen LogP contribution in [0.2, 0.25) is 0 Å². The molecule has 1 aromatic rings. The highest BCUT2D eigenvalue weighted by Crippen LogP contribution is 2.21. The maximum atomic E-state index is 11.5. The molecule has 1 amide bonds. The number of nitrogens with two attached hydrogens (primary N) is 1. The van der Waals surface area contributed by atoms with E-state index >= 15 is 0 Å². The number of nitrogen functional groups attached to an aromatic ring is 1. The van der Waals surface area contributed by atoms with Crippen LogP contribution in [-0.2, 0) is 4.79 Å². The second kappa shape index (κ2) is 7.71. The van der Waals surface area contributed by atoms with Gasteiger partial charge in [-0.2, -0.15) is 4.98 Å². The summed E-state index contributed by atoms with van der Waals surface area (Å²) in [5, 5.41) is 6.16. The molecule has 21 heavy (non-hydrogen) atoms. The van der Waals surface area contributed by atoms with Gasteiger partial charge >= 0.3 is 0 Å². The first kappa shape index (κ1) is 15.4. The molecule has 1 aliphatic rings. The molecular formula is C15H24N4O2. The molecule has 2 rings (SSSR count). The van der Waals surface area contributed by atoms with E-state index in [4.69, 9.17) is 10.5 Å². The number of pyridine rings is 1. The van der Waals surface area contributed by atoms with Crippen LogP contribution in [0.25, 0.3) is 0 Å². The van der Waals surface area contributed by atoms with Gasteiger partial charge in [0.15, 0.2) is 0 Å². The Hall–Kier alpha value is -1.98. The lowest BCUT2D eigenvalue weighted by molar-refractivity contribution is -0.121.